The first-order valence-electron chi connectivity index (χ1n) is 6.39. The van der Waals surface area contributed by atoms with Crippen molar-refractivity contribution in [2.75, 3.05) is 13.2 Å². The third-order valence-electron chi connectivity index (χ3n) is 3.63. The molecule has 3 nitrogen and oxygen atoms in total. The Bertz CT molecular complexity index is 495. The molecule has 1 aliphatic rings. The third-order valence-corrected chi connectivity index (χ3v) is 3.63. The molecule has 110 valence electrons. The minimum atomic E-state index is -4.46. The monoisotopic (exact) mass is 287 g/mol. The smallest absolute Gasteiger partial charge is 0.396 e. The molecule has 1 saturated carbocycles. The van der Waals surface area contributed by atoms with E-state index < -0.39 is 17.6 Å². The van der Waals surface area contributed by atoms with Crippen LogP contribution in [-0.4, -0.2) is 24.2 Å². The van der Waals surface area contributed by atoms with E-state index in [1.807, 2.05) is 0 Å². The van der Waals surface area contributed by atoms with E-state index in [9.17, 15) is 18.0 Å². The van der Waals surface area contributed by atoms with Crippen molar-refractivity contribution in [1.29, 1.82) is 0 Å². The van der Waals surface area contributed by atoms with Gasteiger partial charge in [-0.15, -0.1) is 0 Å². The standard InChI is InChI=1S/C14H16F3NO2/c15-14(16,17)11-4-2-1-3-10(11)7-12(20)18-8-13(9-19)5-6-13/h1-4,19H,5-9H2,(H,18,20). The number of aliphatic hydroxyl groups excluding tert-OH is 1. The summed E-state index contributed by atoms with van der Waals surface area (Å²) in [6.07, 6.45) is -3.09. The first kappa shape index (κ1) is 14.8. The second kappa shape index (κ2) is 5.44. The molecular weight excluding hydrogens is 271 g/mol. The normalized spacial score (nSPS) is 16.8. The second-order valence-corrected chi connectivity index (χ2v) is 5.27. The van der Waals surface area contributed by atoms with E-state index in [0.717, 1.165) is 18.9 Å². The Kier molecular flexibility index (Phi) is 4.04. The van der Waals surface area contributed by atoms with Crippen LogP contribution < -0.4 is 5.32 Å². The average Bonchev–Trinajstić information content (AvgIpc) is 3.16. The topological polar surface area (TPSA) is 49.3 Å². The molecule has 0 heterocycles. The summed E-state index contributed by atoms with van der Waals surface area (Å²) in [6, 6.07) is 5.06. The maximum absolute atomic E-state index is 12.8. The molecule has 0 saturated heterocycles. The number of carbonyl (C=O) groups is 1. The molecule has 0 aliphatic heterocycles. The molecule has 20 heavy (non-hydrogen) atoms. The highest BCUT2D eigenvalue weighted by Crippen LogP contribution is 2.44. The van der Waals surface area contributed by atoms with Crippen molar-refractivity contribution in [3.05, 3.63) is 35.4 Å². The molecule has 6 heteroatoms. The summed E-state index contributed by atoms with van der Waals surface area (Å²) in [4.78, 5) is 11.7. The van der Waals surface area contributed by atoms with E-state index >= 15 is 0 Å². The lowest BCUT2D eigenvalue weighted by molar-refractivity contribution is -0.138. The van der Waals surface area contributed by atoms with Gasteiger partial charge in [-0.3, -0.25) is 4.79 Å². The Morgan fingerprint density at radius 2 is 1.95 bits per heavy atom. The van der Waals surface area contributed by atoms with E-state index in [-0.39, 0.29) is 24.0 Å². The summed E-state index contributed by atoms with van der Waals surface area (Å²) in [5.41, 5.74) is -1.07. The van der Waals surface area contributed by atoms with Gasteiger partial charge in [0.15, 0.2) is 0 Å². The van der Waals surface area contributed by atoms with Crippen molar-refractivity contribution in [2.24, 2.45) is 5.41 Å². The van der Waals surface area contributed by atoms with Crippen LogP contribution in [-0.2, 0) is 17.4 Å². The lowest BCUT2D eigenvalue weighted by Crippen LogP contribution is -2.33. The average molecular weight is 287 g/mol. The van der Waals surface area contributed by atoms with Crippen LogP contribution >= 0.6 is 0 Å². The van der Waals surface area contributed by atoms with Crippen molar-refractivity contribution >= 4 is 5.91 Å². The Balaban J connectivity index is 1.98. The SMILES string of the molecule is O=C(Cc1ccccc1C(F)(F)F)NCC1(CO)CC1. The molecule has 0 atom stereocenters. The number of hydrogen-bond acceptors (Lipinski definition) is 2. The zero-order valence-corrected chi connectivity index (χ0v) is 10.8. The molecule has 0 bridgehead atoms. The summed E-state index contributed by atoms with van der Waals surface area (Å²) in [7, 11) is 0. The van der Waals surface area contributed by atoms with Crippen molar-refractivity contribution in [3.63, 3.8) is 0 Å². The van der Waals surface area contributed by atoms with Gasteiger partial charge in [0, 0.05) is 12.0 Å². The number of carbonyl (C=O) groups excluding carboxylic acids is 1. The van der Waals surface area contributed by atoms with Gasteiger partial charge in [0.2, 0.25) is 5.91 Å². The number of alkyl halides is 3. The number of aliphatic hydroxyl groups is 1. The molecule has 1 amide bonds. The van der Waals surface area contributed by atoms with Crippen molar-refractivity contribution in [2.45, 2.75) is 25.4 Å². The van der Waals surface area contributed by atoms with E-state index in [0.29, 0.717) is 6.54 Å². The maximum Gasteiger partial charge on any atom is 0.416 e. The van der Waals surface area contributed by atoms with Gasteiger partial charge in [-0.25, -0.2) is 0 Å². The molecule has 2 N–H and O–H groups in total. The molecule has 1 aliphatic carbocycles. The van der Waals surface area contributed by atoms with Crippen LogP contribution in [0.1, 0.15) is 24.0 Å². The molecule has 0 aromatic heterocycles. The minimum absolute atomic E-state index is 0.00752. The fraction of sp³-hybridized carbons (Fsp3) is 0.500. The van der Waals surface area contributed by atoms with Crippen LogP contribution in [0.2, 0.25) is 0 Å². The van der Waals surface area contributed by atoms with Crippen molar-refractivity contribution < 1.29 is 23.1 Å². The second-order valence-electron chi connectivity index (χ2n) is 5.27. The van der Waals surface area contributed by atoms with E-state index in [1.54, 1.807) is 0 Å². The molecule has 2 rings (SSSR count). The molecule has 0 unspecified atom stereocenters. The van der Waals surface area contributed by atoms with Crippen LogP contribution in [0.4, 0.5) is 13.2 Å². The Hall–Kier alpha value is -1.56. The highest BCUT2D eigenvalue weighted by Gasteiger charge is 2.42. The summed E-state index contributed by atoms with van der Waals surface area (Å²) in [6.45, 7) is 0.308. The quantitative estimate of drug-likeness (QED) is 0.871. The number of benzene rings is 1. The van der Waals surface area contributed by atoms with Gasteiger partial charge in [-0.05, 0) is 24.5 Å². The predicted octanol–water partition coefficient (Wildman–Crippen LogP) is 2.14. The molecule has 1 fully saturated rings. The maximum atomic E-state index is 12.8. The largest absolute Gasteiger partial charge is 0.416 e. The lowest BCUT2D eigenvalue weighted by atomic mass is 10.0. The lowest BCUT2D eigenvalue weighted by Gasteiger charge is -2.15. The van der Waals surface area contributed by atoms with Gasteiger partial charge >= 0.3 is 6.18 Å². The van der Waals surface area contributed by atoms with E-state index in [1.165, 1.54) is 18.2 Å². The van der Waals surface area contributed by atoms with Crippen LogP contribution in [0, 0.1) is 5.41 Å². The third kappa shape index (κ3) is 3.50. The summed E-state index contributed by atoms with van der Waals surface area (Å²) in [5.74, 6) is -0.457. The Labute approximate surface area is 114 Å². The van der Waals surface area contributed by atoms with Gasteiger partial charge in [0.1, 0.15) is 0 Å². The Morgan fingerprint density at radius 3 is 2.50 bits per heavy atom. The zero-order chi connectivity index (χ0) is 14.8. The van der Waals surface area contributed by atoms with Gasteiger partial charge in [-0.2, -0.15) is 13.2 Å². The summed E-state index contributed by atoms with van der Waals surface area (Å²) < 4.78 is 38.3. The van der Waals surface area contributed by atoms with Crippen LogP contribution in [0.25, 0.3) is 0 Å². The number of halogens is 3. The molecule has 1 aromatic rings. The van der Waals surface area contributed by atoms with Gasteiger partial charge in [0.05, 0.1) is 18.6 Å². The number of amides is 1. The first-order valence-corrected chi connectivity index (χ1v) is 6.39. The van der Waals surface area contributed by atoms with Crippen LogP contribution in [0.5, 0.6) is 0 Å². The molecular formula is C14H16F3NO2. The summed E-state index contributed by atoms with van der Waals surface area (Å²) >= 11 is 0. The molecule has 1 aromatic carbocycles. The predicted molar refractivity (Wildman–Crippen MR) is 66.9 cm³/mol. The fourth-order valence-corrected chi connectivity index (χ4v) is 2.04. The van der Waals surface area contributed by atoms with Gasteiger partial charge < -0.3 is 10.4 Å². The van der Waals surface area contributed by atoms with Crippen LogP contribution in [0.3, 0.4) is 0 Å². The van der Waals surface area contributed by atoms with E-state index in [4.69, 9.17) is 5.11 Å². The number of rotatable bonds is 5. The van der Waals surface area contributed by atoms with Crippen LogP contribution in [0.15, 0.2) is 24.3 Å². The highest BCUT2D eigenvalue weighted by atomic mass is 19.4. The fourth-order valence-electron chi connectivity index (χ4n) is 2.04. The van der Waals surface area contributed by atoms with Crippen molar-refractivity contribution in [3.8, 4) is 0 Å². The summed E-state index contributed by atoms with van der Waals surface area (Å²) in [5, 5.41) is 11.7. The van der Waals surface area contributed by atoms with Gasteiger partial charge in [0.25, 0.3) is 0 Å². The molecule has 0 spiro atoms. The van der Waals surface area contributed by atoms with Gasteiger partial charge in [-0.1, -0.05) is 18.2 Å². The number of hydrogen-bond donors (Lipinski definition) is 2. The molecule has 0 radical (unpaired) electrons. The number of nitrogens with one attached hydrogen (secondary N) is 1. The zero-order valence-electron chi connectivity index (χ0n) is 10.8. The van der Waals surface area contributed by atoms with Crippen molar-refractivity contribution in [1.82, 2.24) is 5.32 Å². The minimum Gasteiger partial charge on any atom is -0.396 e. The first-order chi connectivity index (χ1) is 9.36. The highest BCUT2D eigenvalue weighted by molar-refractivity contribution is 5.79. The Morgan fingerprint density at radius 1 is 1.30 bits per heavy atom. The van der Waals surface area contributed by atoms with E-state index in [2.05, 4.69) is 5.32 Å².